The van der Waals surface area contributed by atoms with Gasteiger partial charge in [-0.3, -0.25) is 4.79 Å². The standard InChI is InChI=1S/C13H20N2O/c1-3-5-10-13(16)15(4-2)12-9-7-6-8-11(12)14/h6-9H,3-5,10,14H2,1-2H3. The molecule has 0 saturated carbocycles. The predicted molar refractivity (Wildman–Crippen MR) is 68.4 cm³/mol. The third kappa shape index (κ3) is 2.99. The maximum Gasteiger partial charge on any atom is 0.227 e. The molecular weight excluding hydrogens is 200 g/mol. The van der Waals surface area contributed by atoms with Gasteiger partial charge in [-0.15, -0.1) is 0 Å². The quantitative estimate of drug-likeness (QED) is 0.775. The maximum atomic E-state index is 12.0. The number of carbonyl (C=O) groups excluding carboxylic acids is 1. The van der Waals surface area contributed by atoms with Crippen LogP contribution in [-0.4, -0.2) is 12.5 Å². The number of nitrogen functional groups attached to an aromatic ring is 1. The molecular formula is C13H20N2O. The topological polar surface area (TPSA) is 46.3 Å². The molecule has 0 atom stereocenters. The van der Waals surface area contributed by atoms with Gasteiger partial charge in [0.15, 0.2) is 0 Å². The van der Waals surface area contributed by atoms with E-state index < -0.39 is 0 Å². The fraction of sp³-hybridized carbons (Fsp3) is 0.462. The van der Waals surface area contributed by atoms with Crippen LogP contribution in [0.25, 0.3) is 0 Å². The number of para-hydroxylation sites is 2. The molecule has 0 radical (unpaired) electrons. The number of hydrogen-bond acceptors (Lipinski definition) is 2. The van der Waals surface area contributed by atoms with Crippen molar-refractivity contribution in [3.05, 3.63) is 24.3 Å². The third-order valence-electron chi connectivity index (χ3n) is 2.59. The van der Waals surface area contributed by atoms with Gasteiger partial charge in [0.25, 0.3) is 0 Å². The lowest BCUT2D eigenvalue weighted by Crippen LogP contribution is -2.30. The molecule has 0 saturated heterocycles. The van der Waals surface area contributed by atoms with Gasteiger partial charge in [0.1, 0.15) is 0 Å². The number of unbranched alkanes of at least 4 members (excludes halogenated alkanes) is 1. The van der Waals surface area contributed by atoms with Crippen molar-refractivity contribution in [2.45, 2.75) is 33.1 Å². The van der Waals surface area contributed by atoms with Crippen LogP contribution in [0.1, 0.15) is 33.1 Å². The van der Waals surface area contributed by atoms with E-state index in [4.69, 9.17) is 5.73 Å². The monoisotopic (exact) mass is 220 g/mol. The summed E-state index contributed by atoms with van der Waals surface area (Å²) in [6, 6.07) is 7.50. The Morgan fingerprint density at radius 1 is 1.31 bits per heavy atom. The number of benzene rings is 1. The first-order chi connectivity index (χ1) is 7.70. The number of rotatable bonds is 5. The Hall–Kier alpha value is -1.51. The van der Waals surface area contributed by atoms with Crippen molar-refractivity contribution in [3.8, 4) is 0 Å². The van der Waals surface area contributed by atoms with Crippen LogP contribution < -0.4 is 10.6 Å². The number of anilines is 2. The molecule has 88 valence electrons. The van der Waals surface area contributed by atoms with Crippen LogP contribution in [0.5, 0.6) is 0 Å². The zero-order chi connectivity index (χ0) is 12.0. The maximum absolute atomic E-state index is 12.0. The molecule has 1 amide bonds. The molecule has 0 bridgehead atoms. The lowest BCUT2D eigenvalue weighted by molar-refractivity contribution is -0.118. The highest BCUT2D eigenvalue weighted by Gasteiger charge is 2.14. The molecule has 0 unspecified atom stereocenters. The van der Waals surface area contributed by atoms with Gasteiger partial charge in [0.05, 0.1) is 11.4 Å². The second-order valence-corrected chi connectivity index (χ2v) is 3.80. The number of carbonyl (C=O) groups is 1. The zero-order valence-corrected chi connectivity index (χ0v) is 10.1. The lowest BCUT2D eigenvalue weighted by atomic mass is 10.2. The normalized spacial score (nSPS) is 10.1. The summed E-state index contributed by atoms with van der Waals surface area (Å²) in [5, 5.41) is 0. The van der Waals surface area contributed by atoms with Gasteiger partial charge in [-0.05, 0) is 25.5 Å². The van der Waals surface area contributed by atoms with Gasteiger partial charge >= 0.3 is 0 Å². The highest BCUT2D eigenvalue weighted by atomic mass is 16.2. The van der Waals surface area contributed by atoms with Gasteiger partial charge in [-0.25, -0.2) is 0 Å². The second kappa shape index (κ2) is 6.16. The number of amides is 1. The molecule has 3 heteroatoms. The smallest absolute Gasteiger partial charge is 0.227 e. The summed E-state index contributed by atoms with van der Waals surface area (Å²) < 4.78 is 0. The minimum atomic E-state index is 0.155. The molecule has 1 aromatic carbocycles. The minimum Gasteiger partial charge on any atom is -0.397 e. The van der Waals surface area contributed by atoms with Crippen molar-refractivity contribution >= 4 is 17.3 Å². The van der Waals surface area contributed by atoms with Crippen LogP contribution >= 0.6 is 0 Å². The summed E-state index contributed by atoms with van der Waals surface area (Å²) in [6.07, 6.45) is 2.56. The average Bonchev–Trinajstić information content (AvgIpc) is 2.30. The first-order valence-electron chi connectivity index (χ1n) is 5.85. The Balaban J connectivity index is 2.82. The summed E-state index contributed by atoms with van der Waals surface area (Å²) in [4.78, 5) is 13.7. The average molecular weight is 220 g/mol. The minimum absolute atomic E-state index is 0.155. The summed E-state index contributed by atoms with van der Waals surface area (Å²) >= 11 is 0. The van der Waals surface area contributed by atoms with E-state index in [9.17, 15) is 4.79 Å². The van der Waals surface area contributed by atoms with Crippen LogP contribution in [0, 0.1) is 0 Å². The fourth-order valence-corrected chi connectivity index (χ4v) is 1.68. The Labute approximate surface area is 97.2 Å². The SMILES string of the molecule is CCCCC(=O)N(CC)c1ccccc1N. The molecule has 0 aromatic heterocycles. The van der Waals surface area contributed by atoms with Crippen LogP contribution in [-0.2, 0) is 4.79 Å². The van der Waals surface area contributed by atoms with Gasteiger partial charge < -0.3 is 10.6 Å². The van der Waals surface area contributed by atoms with E-state index in [1.807, 2.05) is 31.2 Å². The molecule has 0 heterocycles. The van der Waals surface area contributed by atoms with E-state index in [0.717, 1.165) is 18.5 Å². The summed E-state index contributed by atoms with van der Waals surface area (Å²) in [5.41, 5.74) is 7.36. The molecule has 0 aliphatic carbocycles. The first-order valence-corrected chi connectivity index (χ1v) is 5.85. The van der Waals surface area contributed by atoms with Crippen LogP contribution in [0.3, 0.4) is 0 Å². The summed E-state index contributed by atoms with van der Waals surface area (Å²) in [6.45, 7) is 4.72. The van der Waals surface area contributed by atoms with Crippen molar-refractivity contribution in [3.63, 3.8) is 0 Å². The van der Waals surface area contributed by atoms with Gasteiger partial charge in [0, 0.05) is 13.0 Å². The van der Waals surface area contributed by atoms with Crippen LogP contribution in [0.15, 0.2) is 24.3 Å². The lowest BCUT2D eigenvalue weighted by Gasteiger charge is -2.22. The Kier molecular flexibility index (Phi) is 4.83. The van der Waals surface area contributed by atoms with Gasteiger partial charge in [0.2, 0.25) is 5.91 Å². The summed E-state index contributed by atoms with van der Waals surface area (Å²) in [7, 11) is 0. The van der Waals surface area contributed by atoms with Crippen LogP contribution in [0.2, 0.25) is 0 Å². The highest BCUT2D eigenvalue weighted by Crippen LogP contribution is 2.23. The fourth-order valence-electron chi connectivity index (χ4n) is 1.68. The van der Waals surface area contributed by atoms with E-state index in [2.05, 4.69) is 6.92 Å². The molecule has 16 heavy (non-hydrogen) atoms. The molecule has 2 N–H and O–H groups in total. The number of nitrogens with zero attached hydrogens (tertiary/aromatic N) is 1. The van der Waals surface area contributed by atoms with Crippen molar-refractivity contribution in [1.82, 2.24) is 0 Å². The predicted octanol–water partition coefficient (Wildman–Crippen LogP) is 2.81. The third-order valence-corrected chi connectivity index (χ3v) is 2.59. The van der Waals surface area contributed by atoms with Crippen molar-refractivity contribution in [2.24, 2.45) is 0 Å². The van der Waals surface area contributed by atoms with Gasteiger partial charge in [-0.1, -0.05) is 25.5 Å². The van der Waals surface area contributed by atoms with Gasteiger partial charge in [-0.2, -0.15) is 0 Å². The van der Waals surface area contributed by atoms with Crippen molar-refractivity contribution in [1.29, 1.82) is 0 Å². The van der Waals surface area contributed by atoms with E-state index in [-0.39, 0.29) is 5.91 Å². The molecule has 3 nitrogen and oxygen atoms in total. The largest absolute Gasteiger partial charge is 0.397 e. The van der Waals surface area contributed by atoms with Crippen molar-refractivity contribution in [2.75, 3.05) is 17.2 Å². The van der Waals surface area contributed by atoms with Crippen LogP contribution in [0.4, 0.5) is 11.4 Å². The second-order valence-electron chi connectivity index (χ2n) is 3.80. The Morgan fingerprint density at radius 2 is 2.00 bits per heavy atom. The summed E-state index contributed by atoms with van der Waals surface area (Å²) in [5.74, 6) is 0.155. The van der Waals surface area contributed by atoms with E-state index >= 15 is 0 Å². The molecule has 1 aromatic rings. The molecule has 0 aliphatic rings. The molecule has 0 spiro atoms. The van der Waals surface area contributed by atoms with E-state index in [0.29, 0.717) is 18.7 Å². The molecule has 0 aliphatic heterocycles. The number of hydrogen-bond donors (Lipinski definition) is 1. The first kappa shape index (κ1) is 12.6. The van der Waals surface area contributed by atoms with E-state index in [1.165, 1.54) is 0 Å². The Bertz CT molecular complexity index is 350. The zero-order valence-electron chi connectivity index (χ0n) is 10.1. The highest BCUT2D eigenvalue weighted by molar-refractivity contribution is 5.96. The van der Waals surface area contributed by atoms with Crippen molar-refractivity contribution < 1.29 is 4.79 Å². The Morgan fingerprint density at radius 3 is 2.56 bits per heavy atom. The molecule has 1 rings (SSSR count). The number of nitrogens with two attached hydrogens (primary N) is 1. The molecule has 0 fully saturated rings. The van der Waals surface area contributed by atoms with E-state index in [1.54, 1.807) is 4.90 Å².